The molecule has 0 radical (unpaired) electrons. The van der Waals surface area contributed by atoms with Crippen LogP contribution < -0.4 is 5.32 Å². The van der Waals surface area contributed by atoms with E-state index in [0.29, 0.717) is 40.9 Å². The number of nitrogens with one attached hydrogen (secondary N) is 1. The number of halogens is 1. The third kappa shape index (κ3) is 2.95. The number of aryl methyl sites for hydroxylation is 1. The van der Waals surface area contributed by atoms with Crippen LogP contribution in [0.3, 0.4) is 0 Å². The van der Waals surface area contributed by atoms with Crippen molar-refractivity contribution >= 4 is 17.5 Å². The monoisotopic (exact) mass is 321 g/mol. The lowest BCUT2D eigenvalue weighted by atomic mass is 9.77. The number of aromatic hydroxyl groups is 1. The zero-order valence-electron chi connectivity index (χ0n) is 12.2. The Morgan fingerprint density at radius 1 is 1.32 bits per heavy atom. The van der Waals surface area contributed by atoms with Crippen LogP contribution in [0.15, 0.2) is 12.3 Å². The van der Waals surface area contributed by atoms with Crippen molar-refractivity contribution in [3.05, 3.63) is 23.0 Å². The summed E-state index contributed by atoms with van der Waals surface area (Å²) in [6.07, 6.45) is 2.73. The van der Waals surface area contributed by atoms with Crippen LogP contribution in [-0.4, -0.2) is 42.0 Å². The highest BCUT2D eigenvalue weighted by atomic mass is 35.5. The lowest BCUT2D eigenvalue weighted by Gasteiger charge is -2.41. The maximum atomic E-state index is 9.90. The fourth-order valence-corrected chi connectivity index (χ4v) is 2.73. The van der Waals surface area contributed by atoms with Crippen LogP contribution in [0.4, 0.5) is 5.95 Å². The summed E-state index contributed by atoms with van der Waals surface area (Å²) in [7, 11) is 0. The van der Waals surface area contributed by atoms with Crippen LogP contribution in [0.2, 0.25) is 5.02 Å². The molecule has 1 fully saturated rings. The molecule has 22 heavy (non-hydrogen) atoms. The van der Waals surface area contributed by atoms with Gasteiger partial charge in [-0.15, -0.1) is 10.2 Å². The van der Waals surface area contributed by atoms with Crippen molar-refractivity contribution in [3.63, 3.8) is 0 Å². The minimum absolute atomic E-state index is 0.0672. The Bertz CT molecular complexity index is 714. The summed E-state index contributed by atoms with van der Waals surface area (Å²) in [5, 5.41) is 31.2. The lowest BCUT2D eigenvalue weighted by Crippen LogP contribution is -2.48. The highest BCUT2D eigenvalue weighted by Crippen LogP contribution is 2.33. The molecule has 7 nitrogen and oxygen atoms in total. The molecule has 0 atom stereocenters. The first-order chi connectivity index (χ1) is 10.3. The van der Waals surface area contributed by atoms with Crippen molar-refractivity contribution < 1.29 is 10.2 Å². The van der Waals surface area contributed by atoms with Crippen molar-refractivity contribution in [2.75, 3.05) is 5.32 Å². The number of aromatic nitrogens is 4. The van der Waals surface area contributed by atoms with E-state index >= 15 is 0 Å². The topological polar surface area (TPSA) is 104 Å². The molecule has 116 valence electrons. The van der Waals surface area contributed by atoms with Gasteiger partial charge in [-0.3, -0.25) is 0 Å². The SMILES string of the molecule is Cc1nc(NC2CC(C)(O)C2)nnc1-c1ncc(Cl)cc1O. The number of pyridine rings is 1. The van der Waals surface area contributed by atoms with E-state index in [1.54, 1.807) is 13.8 Å². The molecule has 0 aliphatic heterocycles. The fourth-order valence-electron chi connectivity index (χ4n) is 2.58. The molecule has 8 heteroatoms. The zero-order chi connectivity index (χ0) is 15.9. The maximum absolute atomic E-state index is 9.90. The summed E-state index contributed by atoms with van der Waals surface area (Å²) in [6, 6.07) is 1.54. The summed E-state index contributed by atoms with van der Waals surface area (Å²) >= 11 is 5.77. The maximum Gasteiger partial charge on any atom is 0.243 e. The minimum atomic E-state index is -0.612. The van der Waals surface area contributed by atoms with E-state index in [1.807, 2.05) is 0 Å². The van der Waals surface area contributed by atoms with Gasteiger partial charge in [0.05, 0.1) is 16.3 Å². The minimum Gasteiger partial charge on any atom is -0.506 e. The van der Waals surface area contributed by atoms with E-state index < -0.39 is 5.60 Å². The number of anilines is 1. The number of hydrogen-bond acceptors (Lipinski definition) is 7. The molecule has 0 aromatic carbocycles. The quantitative estimate of drug-likeness (QED) is 0.793. The Morgan fingerprint density at radius 3 is 2.64 bits per heavy atom. The molecule has 2 aromatic heterocycles. The second-order valence-corrected chi connectivity index (χ2v) is 6.27. The van der Waals surface area contributed by atoms with Gasteiger partial charge in [0.25, 0.3) is 0 Å². The molecule has 2 aromatic rings. The third-order valence-electron chi connectivity index (χ3n) is 3.63. The van der Waals surface area contributed by atoms with E-state index in [0.717, 1.165) is 0 Å². The van der Waals surface area contributed by atoms with Crippen molar-refractivity contribution in [1.29, 1.82) is 0 Å². The molecule has 3 N–H and O–H groups in total. The Hall–Kier alpha value is -1.99. The zero-order valence-corrected chi connectivity index (χ0v) is 13.0. The predicted molar refractivity (Wildman–Crippen MR) is 81.7 cm³/mol. The summed E-state index contributed by atoms with van der Waals surface area (Å²) in [6.45, 7) is 3.56. The van der Waals surface area contributed by atoms with Crippen molar-refractivity contribution in [3.8, 4) is 17.1 Å². The molecule has 1 aliphatic carbocycles. The summed E-state index contributed by atoms with van der Waals surface area (Å²) < 4.78 is 0. The van der Waals surface area contributed by atoms with E-state index in [-0.39, 0.29) is 11.8 Å². The summed E-state index contributed by atoms with van der Waals surface area (Å²) in [5.41, 5.74) is 0.674. The summed E-state index contributed by atoms with van der Waals surface area (Å²) in [4.78, 5) is 8.40. The van der Waals surface area contributed by atoms with Gasteiger partial charge in [-0.1, -0.05) is 11.6 Å². The van der Waals surface area contributed by atoms with Crippen LogP contribution in [0.25, 0.3) is 11.4 Å². The number of hydrogen-bond donors (Lipinski definition) is 3. The smallest absolute Gasteiger partial charge is 0.243 e. The van der Waals surface area contributed by atoms with Gasteiger partial charge < -0.3 is 15.5 Å². The molecule has 3 rings (SSSR count). The normalized spacial score (nSPS) is 23.9. The van der Waals surface area contributed by atoms with E-state index in [4.69, 9.17) is 11.6 Å². The Morgan fingerprint density at radius 2 is 2.05 bits per heavy atom. The number of aliphatic hydroxyl groups is 1. The standard InChI is InChI=1S/C14H16ClN5O2/c1-7-11(12-10(21)3-8(15)6-16-12)19-20-13(17-7)18-9-4-14(2,22)5-9/h3,6,9,21-22H,4-5H2,1-2H3,(H,17,18,20). The van der Waals surface area contributed by atoms with Crippen molar-refractivity contribution in [2.24, 2.45) is 0 Å². The van der Waals surface area contributed by atoms with Gasteiger partial charge in [0.1, 0.15) is 17.1 Å². The largest absolute Gasteiger partial charge is 0.506 e. The predicted octanol–water partition coefficient (Wildman–Crippen LogP) is 1.93. The van der Waals surface area contributed by atoms with Gasteiger partial charge in [-0.2, -0.15) is 0 Å². The highest BCUT2D eigenvalue weighted by molar-refractivity contribution is 6.30. The van der Waals surface area contributed by atoms with Crippen molar-refractivity contribution in [2.45, 2.75) is 38.3 Å². The van der Waals surface area contributed by atoms with Gasteiger partial charge in [0.2, 0.25) is 5.95 Å². The van der Waals surface area contributed by atoms with Gasteiger partial charge in [-0.25, -0.2) is 9.97 Å². The van der Waals surface area contributed by atoms with E-state index in [2.05, 4.69) is 25.5 Å². The first-order valence-corrected chi connectivity index (χ1v) is 7.27. The number of nitrogens with zero attached hydrogens (tertiary/aromatic N) is 4. The second-order valence-electron chi connectivity index (χ2n) is 5.84. The van der Waals surface area contributed by atoms with E-state index in [1.165, 1.54) is 12.3 Å². The third-order valence-corrected chi connectivity index (χ3v) is 3.83. The first kappa shape index (κ1) is 14.9. The molecule has 2 heterocycles. The van der Waals surface area contributed by atoms with Crippen LogP contribution in [-0.2, 0) is 0 Å². The molecule has 1 aliphatic rings. The average molecular weight is 322 g/mol. The second kappa shape index (κ2) is 5.33. The van der Waals surface area contributed by atoms with Gasteiger partial charge in [-0.05, 0) is 26.7 Å². The molecule has 0 bridgehead atoms. The first-order valence-electron chi connectivity index (χ1n) is 6.89. The molecule has 1 saturated carbocycles. The molecule has 0 spiro atoms. The molecule has 0 saturated heterocycles. The lowest BCUT2D eigenvalue weighted by molar-refractivity contribution is -0.0236. The Balaban J connectivity index is 1.80. The van der Waals surface area contributed by atoms with Gasteiger partial charge in [0.15, 0.2) is 0 Å². The van der Waals surface area contributed by atoms with Crippen molar-refractivity contribution in [1.82, 2.24) is 20.2 Å². The molecular formula is C14H16ClN5O2. The fraction of sp³-hybridized carbons (Fsp3) is 0.429. The Labute approximate surface area is 132 Å². The number of rotatable bonds is 3. The van der Waals surface area contributed by atoms with E-state index in [9.17, 15) is 10.2 Å². The highest BCUT2D eigenvalue weighted by Gasteiger charge is 2.38. The van der Waals surface area contributed by atoms with Crippen LogP contribution >= 0.6 is 11.6 Å². The van der Waals surface area contributed by atoms with Crippen LogP contribution in [0.1, 0.15) is 25.5 Å². The average Bonchev–Trinajstić information content (AvgIpc) is 2.38. The molecular weight excluding hydrogens is 306 g/mol. The Kier molecular flexibility index (Phi) is 3.62. The molecule has 0 amide bonds. The summed E-state index contributed by atoms with van der Waals surface area (Å²) in [5.74, 6) is 0.331. The van der Waals surface area contributed by atoms with Gasteiger partial charge in [0, 0.05) is 18.3 Å². The van der Waals surface area contributed by atoms with Crippen LogP contribution in [0, 0.1) is 6.92 Å². The van der Waals surface area contributed by atoms with Gasteiger partial charge >= 0.3 is 0 Å². The van der Waals surface area contributed by atoms with Crippen LogP contribution in [0.5, 0.6) is 5.75 Å². The molecule has 0 unspecified atom stereocenters.